The van der Waals surface area contributed by atoms with Crippen LogP contribution in [0, 0.1) is 6.92 Å². The van der Waals surface area contributed by atoms with Crippen molar-refractivity contribution in [1.82, 2.24) is 9.80 Å². The molecule has 1 aromatic carbocycles. The van der Waals surface area contributed by atoms with Crippen molar-refractivity contribution in [3.05, 3.63) is 51.4 Å². The molecule has 0 spiro atoms. The summed E-state index contributed by atoms with van der Waals surface area (Å²) in [4.78, 5) is 30.0. The summed E-state index contributed by atoms with van der Waals surface area (Å²) < 4.78 is 5.07. The molecule has 8 heteroatoms. The Labute approximate surface area is 180 Å². The molecule has 1 aliphatic rings. The highest BCUT2D eigenvalue weighted by molar-refractivity contribution is 7.16. The molecular weight excluding hydrogens is 410 g/mol. The summed E-state index contributed by atoms with van der Waals surface area (Å²) in [5.74, 6) is -0.508. The number of rotatable bonds is 7. The number of aryl methyl sites for hydroxylation is 1. The number of benzene rings is 1. The molecule has 2 heterocycles. The van der Waals surface area contributed by atoms with Gasteiger partial charge in [-0.3, -0.25) is 14.6 Å². The minimum absolute atomic E-state index is 0.108. The van der Waals surface area contributed by atoms with Crippen LogP contribution < -0.4 is 5.32 Å². The van der Waals surface area contributed by atoms with E-state index in [9.17, 15) is 9.59 Å². The van der Waals surface area contributed by atoms with E-state index in [1.54, 1.807) is 13.0 Å². The lowest BCUT2D eigenvalue weighted by molar-refractivity contribution is -0.117. The summed E-state index contributed by atoms with van der Waals surface area (Å²) in [6.07, 6.45) is 0. The van der Waals surface area contributed by atoms with Crippen molar-refractivity contribution in [2.75, 3.05) is 44.6 Å². The number of ether oxygens (including phenoxy) is 1. The van der Waals surface area contributed by atoms with Gasteiger partial charge in [0.25, 0.3) is 0 Å². The van der Waals surface area contributed by atoms with Crippen LogP contribution in [0.25, 0.3) is 0 Å². The minimum atomic E-state index is -0.400. The van der Waals surface area contributed by atoms with E-state index in [2.05, 4.69) is 15.1 Å². The molecule has 0 atom stereocenters. The fraction of sp³-hybridized carbons (Fsp3) is 0.429. The molecule has 156 valence electrons. The van der Waals surface area contributed by atoms with E-state index in [0.29, 0.717) is 23.7 Å². The Hall–Kier alpha value is -1.93. The maximum atomic E-state index is 12.5. The van der Waals surface area contributed by atoms with Gasteiger partial charge in [-0.2, -0.15) is 0 Å². The zero-order valence-corrected chi connectivity index (χ0v) is 18.3. The molecule has 3 rings (SSSR count). The fourth-order valence-corrected chi connectivity index (χ4v) is 4.33. The number of carbonyl (C=O) groups excluding carboxylic acids is 2. The van der Waals surface area contributed by atoms with Gasteiger partial charge in [0, 0.05) is 42.6 Å². The number of piperazine rings is 1. The summed E-state index contributed by atoms with van der Waals surface area (Å²) in [6.45, 7) is 8.64. The van der Waals surface area contributed by atoms with E-state index in [1.165, 1.54) is 16.9 Å². The van der Waals surface area contributed by atoms with Crippen LogP contribution in [0.2, 0.25) is 5.02 Å². The Bertz CT molecular complexity index is 845. The monoisotopic (exact) mass is 435 g/mol. The summed E-state index contributed by atoms with van der Waals surface area (Å²) in [5.41, 5.74) is 1.66. The average Bonchev–Trinajstić information content (AvgIpc) is 3.05. The molecule has 0 aliphatic carbocycles. The van der Waals surface area contributed by atoms with E-state index in [1.807, 2.05) is 31.2 Å². The van der Waals surface area contributed by atoms with E-state index in [0.717, 1.165) is 42.6 Å². The Morgan fingerprint density at radius 1 is 1.14 bits per heavy atom. The van der Waals surface area contributed by atoms with Gasteiger partial charge in [-0.15, -0.1) is 11.3 Å². The maximum Gasteiger partial charge on any atom is 0.341 e. The van der Waals surface area contributed by atoms with Gasteiger partial charge in [0.1, 0.15) is 5.00 Å². The predicted octanol–water partition coefficient (Wildman–Crippen LogP) is 3.64. The van der Waals surface area contributed by atoms with Gasteiger partial charge in [-0.05, 0) is 37.6 Å². The molecule has 1 aliphatic heterocycles. The number of halogens is 1. The SMILES string of the molecule is CCOC(=O)c1cc(C)sc1NC(=O)CN1CCN(Cc2ccc(Cl)cc2)CC1. The molecule has 2 aromatic rings. The molecule has 1 fully saturated rings. The van der Waals surface area contributed by atoms with E-state index in [-0.39, 0.29) is 5.91 Å². The van der Waals surface area contributed by atoms with Crippen LogP contribution in [0.15, 0.2) is 30.3 Å². The summed E-state index contributed by atoms with van der Waals surface area (Å²) in [6, 6.07) is 9.68. The molecule has 1 saturated heterocycles. The van der Waals surface area contributed by atoms with Gasteiger partial charge < -0.3 is 10.1 Å². The highest BCUT2D eigenvalue weighted by Gasteiger charge is 2.21. The van der Waals surface area contributed by atoms with Crippen molar-refractivity contribution in [1.29, 1.82) is 0 Å². The second-order valence-electron chi connectivity index (χ2n) is 7.05. The maximum absolute atomic E-state index is 12.5. The third kappa shape index (κ3) is 6.27. The lowest BCUT2D eigenvalue weighted by Crippen LogP contribution is -2.48. The van der Waals surface area contributed by atoms with Gasteiger partial charge in [-0.1, -0.05) is 23.7 Å². The molecule has 29 heavy (non-hydrogen) atoms. The molecule has 6 nitrogen and oxygen atoms in total. The quantitative estimate of drug-likeness (QED) is 0.673. The van der Waals surface area contributed by atoms with Crippen LogP contribution in [0.1, 0.15) is 27.7 Å². The molecule has 1 N–H and O–H groups in total. The molecular formula is C21H26ClN3O3S. The largest absolute Gasteiger partial charge is 0.462 e. The zero-order chi connectivity index (χ0) is 20.8. The van der Waals surface area contributed by atoms with Crippen molar-refractivity contribution in [3.8, 4) is 0 Å². The Morgan fingerprint density at radius 2 is 1.79 bits per heavy atom. The standard InChI is InChI=1S/C21H26ClN3O3S/c1-3-28-21(27)18-12-15(2)29-20(18)23-19(26)14-25-10-8-24(9-11-25)13-16-4-6-17(22)7-5-16/h4-7,12H,3,8-11,13-14H2,1-2H3,(H,23,26). The van der Waals surface area contributed by atoms with E-state index < -0.39 is 5.97 Å². The molecule has 0 unspecified atom stereocenters. The summed E-state index contributed by atoms with van der Waals surface area (Å²) >= 11 is 7.33. The lowest BCUT2D eigenvalue weighted by Gasteiger charge is -2.34. The Balaban J connectivity index is 1.48. The number of hydrogen-bond acceptors (Lipinski definition) is 6. The summed E-state index contributed by atoms with van der Waals surface area (Å²) in [7, 11) is 0. The van der Waals surface area contributed by atoms with Crippen molar-refractivity contribution in [2.24, 2.45) is 0 Å². The molecule has 0 bridgehead atoms. The first-order chi connectivity index (χ1) is 13.9. The molecule has 0 radical (unpaired) electrons. The molecule has 1 amide bonds. The smallest absolute Gasteiger partial charge is 0.341 e. The van der Waals surface area contributed by atoms with Crippen LogP contribution >= 0.6 is 22.9 Å². The zero-order valence-electron chi connectivity index (χ0n) is 16.7. The minimum Gasteiger partial charge on any atom is -0.462 e. The average molecular weight is 436 g/mol. The lowest BCUT2D eigenvalue weighted by atomic mass is 10.2. The first kappa shape index (κ1) is 21.8. The first-order valence-electron chi connectivity index (χ1n) is 9.71. The number of amides is 1. The van der Waals surface area contributed by atoms with Crippen molar-refractivity contribution in [3.63, 3.8) is 0 Å². The van der Waals surface area contributed by atoms with Gasteiger partial charge in [-0.25, -0.2) is 4.79 Å². The number of anilines is 1. The van der Waals surface area contributed by atoms with Crippen LogP contribution in [0.3, 0.4) is 0 Å². The highest BCUT2D eigenvalue weighted by atomic mass is 35.5. The normalized spacial score (nSPS) is 15.3. The third-order valence-electron chi connectivity index (χ3n) is 4.76. The number of nitrogens with zero attached hydrogens (tertiary/aromatic N) is 2. The first-order valence-corrected chi connectivity index (χ1v) is 10.9. The number of hydrogen-bond donors (Lipinski definition) is 1. The number of thiophene rings is 1. The molecule has 1 aromatic heterocycles. The number of nitrogens with one attached hydrogen (secondary N) is 1. The van der Waals surface area contributed by atoms with E-state index >= 15 is 0 Å². The topological polar surface area (TPSA) is 61.9 Å². The third-order valence-corrected chi connectivity index (χ3v) is 5.97. The molecule has 0 saturated carbocycles. The highest BCUT2D eigenvalue weighted by Crippen LogP contribution is 2.28. The Kier molecular flexibility index (Phi) is 7.66. The predicted molar refractivity (Wildman–Crippen MR) is 117 cm³/mol. The van der Waals surface area contributed by atoms with Crippen LogP contribution in [0.5, 0.6) is 0 Å². The fourth-order valence-electron chi connectivity index (χ4n) is 3.29. The van der Waals surface area contributed by atoms with Gasteiger partial charge in [0.2, 0.25) is 5.91 Å². The van der Waals surface area contributed by atoms with Crippen molar-refractivity contribution < 1.29 is 14.3 Å². The van der Waals surface area contributed by atoms with Crippen LogP contribution in [-0.2, 0) is 16.1 Å². The van der Waals surface area contributed by atoms with Gasteiger partial charge >= 0.3 is 5.97 Å². The van der Waals surface area contributed by atoms with Gasteiger partial charge in [0.05, 0.1) is 18.7 Å². The van der Waals surface area contributed by atoms with E-state index in [4.69, 9.17) is 16.3 Å². The van der Waals surface area contributed by atoms with Crippen LogP contribution in [0.4, 0.5) is 5.00 Å². The van der Waals surface area contributed by atoms with Crippen molar-refractivity contribution >= 4 is 39.8 Å². The summed E-state index contributed by atoms with van der Waals surface area (Å²) in [5, 5.41) is 4.19. The second-order valence-corrected chi connectivity index (χ2v) is 8.74. The number of carbonyl (C=O) groups is 2. The van der Waals surface area contributed by atoms with Crippen LogP contribution in [-0.4, -0.2) is 61.0 Å². The number of esters is 1. The second kappa shape index (κ2) is 10.2. The van der Waals surface area contributed by atoms with Crippen molar-refractivity contribution in [2.45, 2.75) is 20.4 Å². The Morgan fingerprint density at radius 3 is 2.45 bits per heavy atom. The van der Waals surface area contributed by atoms with Gasteiger partial charge in [0.15, 0.2) is 0 Å².